The molecule has 3 heterocycles. The number of hydrogen-bond acceptors (Lipinski definition) is 6. The lowest BCUT2D eigenvalue weighted by molar-refractivity contribution is 0.0218. The zero-order valence-corrected chi connectivity index (χ0v) is 19.4. The third kappa shape index (κ3) is 4.17. The summed E-state index contributed by atoms with van der Waals surface area (Å²) < 4.78 is 40.4. The van der Waals surface area contributed by atoms with Gasteiger partial charge in [-0.3, -0.25) is 9.62 Å². The molecule has 2 N–H and O–H groups in total. The van der Waals surface area contributed by atoms with Crippen LogP contribution in [0.5, 0.6) is 0 Å². The van der Waals surface area contributed by atoms with Gasteiger partial charge in [0.15, 0.2) is 10.3 Å². The van der Waals surface area contributed by atoms with E-state index in [9.17, 15) is 12.8 Å². The Labute approximate surface area is 185 Å². The number of thiazole rings is 1. The molecule has 2 aliphatic rings. The first-order valence-corrected chi connectivity index (χ1v) is 12.8. The van der Waals surface area contributed by atoms with E-state index in [-0.39, 0.29) is 15.6 Å². The molecule has 2 saturated heterocycles. The number of hydrogen-bond donors (Lipinski definition) is 2. The molecule has 164 valence electrons. The van der Waals surface area contributed by atoms with E-state index in [2.05, 4.69) is 33.8 Å². The molecular formula is C20H26ClFN4O2S2. The number of anilines is 2. The van der Waals surface area contributed by atoms with Gasteiger partial charge in [0.2, 0.25) is 0 Å². The lowest BCUT2D eigenvalue weighted by Crippen LogP contribution is -2.57. The van der Waals surface area contributed by atoms with E-state index in [1.165, 1.54) is 25.0 Å². The lowest BCUT2D eigenvalue weighted by Gasteiger charge is -2.49. The molecule has 30 heavy (non-hydrogen) atoms. The summed E-state index contributed by atoms with van der Waals surface area (Å²) in [6.07, 6.45) is 5.71. The fourth-order valence-corrected chi connectivity index (χ4v) is 6.85. The molecule has 0 spiro atoms. The van der Waals surface area contributed by atoms with E-state index in [0.29, 0.717) is 34.0 Å². The minimum Gasteiger partial charge on any atom is -0.382 e. The van der Waals surface area contributed by atoms with Crippen LogP contribution in [0.3, 0.4) is 0 Å². The van der Waals surface area contributed by atoms with Gasteiger partial charge in [-0.1, -0.05) is 29.9 Å². The van der Waals surface area contributed by atoms with Crippen LogP contribution in [-0.4, -0.2) is 43.0 Å². The highest BCUT2D eigenvalue weighted by Crippen LogP contribution is 2.43. The SMILES string of the molecule is CC1CCC2(CNc3ccc(S(=O)(=O)Nc4ncc(F)s4)cc3Cl)CCCN2[C@H]1C. The summed E-state index contributed by atoms with van der Waals surface area (Å²) >= 11 is 7.04. The molecule has 4 rings (SSSR count). The minimum absolute atomic E-state index is 0.00873. The van der Waals surface area contributed by atoms with Crippen LogP contribution in [0.15, 0.2) is 29.3 Å². The molecule has 3 atom stereocenters. The van der Waals surface area contributed by atoms with E-state index in [0.717, 1.165) is 32.1 Å². The number of nitrogens with zero attached hydrogens (tertiary/aromatic N) is 2. The molecule has 0 saturated carbocycles. The van der Waals surface area contributed by atoms with Crippen molar-refractivity contribution in [2.75, 3.05) is 23.1 Å². The minimum atomic E-state index is -3.89. The standard InChI is InChI=1S/C20H26ClFN4O2S2/c1-13-6-8-20(7-3-9-26(20)14(13)2)12-24-17-5-4-15(10-16(17)21)30(27,28)25-19-23-11-18(22)29-19/h4-5,10-11,13-14,24H,3,6-9,12H2,1-2H3,(H,23,25)/t13?,14-,20?/m0/s1. The summed E-state index contributed by atoms with van der Waals surface area (Å²) in [5.74, 6) is 0.697. The number of halogens is 2. The van der Waals surface area contributed by atoms with Crippen molar-refractivity contribution in [2.24, 2.45) is 5.92 Å². The number of fused-ring (bicyclic) bond motifs is 1. The van der Waals surface area contributed by atoms with Crippen molar-refractivity contribution in [1.82, 2.24) is 9.88 Å². The van der Waals surface area contributed by atoms with Crippen LogP contribution in [0.2, 0.25) is 5.02 Å². The van der Waals surface area contributed by atoms with Gasteiger partial charge >= 0.3 is 0 Å². The number of benzene rings is 1. The zero-order chi connectivity index (χ0) is 21.5. The smallest absolute Gasteiger partial charge is 0.263 e. The summed E-state index contributed by atoms with van der Waals surface area (Å²) in [4.78, 5) is 6.34. The van der Waals surface area contributed by atoms with Gasteiger partial charge in [-0.25, -0.2) is 13.4 Å². The van der Waals surface area contributed by atoms with Gasteiger partial charge < -0.3 is 5.32 Å². The summed E-state index contributed by atoms with van der Waals surface area (Å²) in [5.41, 5.74) is 0.847. The Kier molecular flexibility index (Phi) is 6.00. The maximum Gasteiger partial charge on any atom is 0.263 e. The molecule has 2 unspecified atom stereocenters. The van der Waals surface area contributed by atoms with Crippen molar-refractivity contribution in [1.29, 1.82) is 0 Å². The van der Waals surface area contributed by atoms with E-state index in [4.69, 9.17) is 11.6 Å². The van der Waals surface area contributed by atoms with Crippen molar-refractivity contribution in [3.8, 4) is 0 Å². The number of rotatable bonds is 6. The van der Waals surface area contributed by atoms with E-state index in [1.54, 1.807) is 6.07 Å². The molecule has 0 radical (unpaired) electrons. The topological polar surface area (TPSA) is 74.3 Å². The first-order valence-electron chi connectivity index (χ1n) is 10.1. The van der Waals surface area contributed by atoms with Gasteiger partial charge in [0.1, 0.15) is 0 Å². The molecular weight excluding hydrogens is 447 g/mol. The zero-order valence-electron chi connectivity index (χ0n) is 17.0. The highest BCUT2D eigenvalue weighted by atomic mass is 35.5. The molecule has 1 aromatic heterocycles. The Morgan fingerprint density at radius 2 is 2.17 bits per heavy atom. The van der Waals surface area contributed by atoms with Crippen molar-refractivity contribution >= 4 is 43.8 Å². The number of nitrogens with one attached hydrogen (secondary N) is 2. The highest BCUT2D eigenvalue weighted by Gasteiger charge is 2.47. The van der Waals surface area contributed by atoms with Crippen LogP contribution in [0.1, 0.15) is 39.5 Å². The van der Waals surface area contributed by atoms with Crippen LogP contribution in [-0.2, 0) is 10.0 Å². The lowest BCUT2D eigenvalue weighted by atomic mass is 9.79. The van der Waals surface area contributed by atoms with Crippen LogP contribution >= 0.6 is 22.9 Å². The normalized spacial score (nSPS) is 27.1. The molecule has 6 nitrogen and oxygen atoms in total. The van der Waals surface area contributed by atoms with Gasteiger partial charge in [0, 0.05) is 18.1 Å². The fraction of sp³-hybridized carbons (Fsp3) is 0.550. The van der Waals surface area contributed by atoms with Gasteiger partial charge in [0.25, 0.3) is 10.0 Å². The van der Waals surface area contributed by atoms with E-state index >= 15 is 0 Å². The predicted molar refractivity (Wildman–Crippen MR) is 119 cm³/mol. The summed E-state index contributed by atoms with van der Waals surface area (Å²) in [5, 5.41) is 3.22. The Balaban J connectivity index is 1.47. The quantitative estimate of drug-likeness (QED) is 0.631. The van der Waals surface area contributed by atoms with E-state index < -0.39 is 15.2 Å². The van der Waals surface area contributed by atoms with Crippen LogP contribution in [0.25, 0.3) is 0 Å². The predicted octanol–water partition coefficient (Wildman–Crippen LogP) is 4.80. The Hall–Kier alpha value is -1.42. The summed E-state index contributed by atoms with van der Waals surface area (Å²) in [7, 11) is -3.89. The molecule has 2 aliphatic heterocycles. The number of piperidine rings is 1. The second-order valence-corrected chi connectivity index (χ2v) is 11.4. The van der Waals surface area contributed by atoms with Gasteiger partial charge in [-0.2, -0.15) is 4.39 Å². The molecule has 1 aromatic carbocycles. The van der Waals surface area contributed by atoms with Crippen molar-refractivity contribution in [3.05, 3.63) is 34.5 Å². The number of aromatic nitrogens is 1. The molecule has 10 heteroatoms. The highest BCUT2D eigenvalue weighted by molar-refractivity contribution is 7.93. The van der Waals surface area contributed by atoms with Crippen molar-refractivity contribution in [3.63, 3.8) is 0 Å². The first kappa shape index (κ1) is 21.8. The van der Waals surface area contributed by atoms with Crippen LogP contribution < -0.4 is 10.0 Å². The van der Waals surface area contributed by atoms with Gasteiger partial charge in [-0.05, 0) is 63.3 Å². The molecule has 0 aliphatic carbocycles. The Morgan fingerprint density at radius 3 is 2.87 bits per heavy atom. The largest absolute Gasteiger partial charge is 0.382 e. The second kappa shape index (κ2) is 8.26. The molecule has 2 fully saturated rings. The average Bonchev–Trinajstić information content (AvgIpc) is 3.30. The van der Waals surface area contributed by atoms with Crippen LogP contribution in [0.4, 0.5) is 15.2 Å². The Morgan fingerprint density at radius 1 is 1.37 bits per heavy atom. The second-order valence-electron chi connectivity index (χ2n) is 8.35. The Bertz CT molecular complexity index is 1030. The van der Waals surface area contributed by atoms with Crippen molar-refractivity contribution < 1.29 is 12.8 Å². The monoisotopic (exact) mass is 472 g/mol. The molecule has 2 aromatic rings. The third-order valence-corrected chi connectivity index (χ3v) is 9.07. The van der Waals surface area contributed by atoms with Crippen molar-refractivity contribution in [2.45, 2.75) is 56.0 Å². The summed E-state index contributed by atoms with van der Waals surface area (Å²) in [6.45, 7) is 6.55. The fourth-order valence-electron chi connectivity index (χ4n) is 4.73. The van der Waals surface area contributed by atoms with Gasteiger partial charge in [0.05, 0.1) is 21.8 Å². The van der Waals surface area contributed by atoms with Crippen LogP contribution in [0, 0.1) is 11.0 Å². The maximum absolute atomic E-state index is 13.1. The molecule has 0 amide bonds. The average molecular weight is 473 g/mol. The number of sulfonamides is 1. The molecule has 0 bridgehead atoms. The third-order valence-electron chi connectivity index (χ3n) is 6.59. The van der Waals surface area contributed by atoms with E-state index in [1.807, 2.05) is 0 Å². The maximum atomic E-state index is 13.1. The summed E-state index contributed by atoms with van der Waals surface area (Å²) in [6, 6.07) is 5.15. The van der Waals surface area contributed by atoms with Gasteiger partial charge in [-0.15, -0.1) is 0 Å². The first-order chi connectivity index (χ1) is 14.2.